The topological polar surface area (TPSA) is 73.6 Å². The van der Waals surface area contributed by atoms with Gasteiger partial charge in [-0.2, -0.15) is 0 Å². The number of carbonyl (C=O) groups excluding carboxylic acids is 1. The molecule has 6 heteroatoms. The fourth-order valence-electron chi connectivity index (χ4n) is 2.28. The molecule has 1 aliphatic rings. The van der Waals surface area contributed by atoms with Gasteiger partial charge in [-0.15, -0.1) is 12.4 Å². The van der Waals surface area contributed by atoms with Gasteiger partial charge in [0.25, 0.3) is 5.91 Å². The summed E-state index contributed by atoms with van der Waals surface area (Å²) in [5.41, 5.74) is 5.46. The highest BCUT2D eigenvalue weighted by Gasteiger charge is 2.41. The Labute approximate surface area is 131 Å². The molecule has 1 aromatic carbocycles. The zero-order valence-corrected chi connectivity index (χ0v) is 13.2. The monoisotopic (exact) mass is 314 g/mol. The zero-order valence-electron chi connectivity index (χ0n) is 12.4. The molecule has 21 heavy (non-hydrogen) atoms. The Morgan fingerprint density at radius 3 is 2.52 bits per heavy atom. The SMILES string of the molecule is COc1ccccc1OCC(=O)NC(C)(CN)C1CC1.Cl. The second kappa shape index (κ2) is 7.52. The van der Waals surface area contributed by atoms with Gasteiger partial charge in [0.2, 0.25) is 0 Å². The lowest BCUT2D eigenvalue weighted by molar-refractivity contribution is -0.125. The lowest BCUT2D eigenvalue weighted by Crippen LogP contribution is -2.54. The van der Waals surface area contributed by atoms with Gasteiger partial charge >= 0.3 is 0 Å². The van der Waals surface area contributed by atoms with Crippen molar-refractivity contribution in [3.8, 4) is 11.5 Å². The Bertz CT molecular complexity index is 480. The molecule has 1 fully saturated rings. The van der Waals surface area contributed by atoms with Crippen LogP contribution in [0.25, 0.3) is 0 Å². The molecule has 0 aromatic heterocycles. The van der Waals surface area contributed by atoms with E-state index in [0.29, 0.717) is 24.0 Å². The predicted molar refractivity (Wildman–Crippen MR) is 84.1 cm³/mol. The van der Waals surface area contributed by atoms with E-state index in [-0.39, 0.29) is 30.5 Å². The molecule has 1 aliphatic carbocycles. The van der Waals surface area contributed by atoms with E-state index in [0.717, 1.165) is 12.8 Å². The summed E-state index contributed by atoms with van der Waals surface area (Å²) in [4.78, 5) is 12.0. The van der Waals surface area contributed by atoms with Gasteiger partial charge in [0.05, 0.1) is 12.6 Å². The number of nitrogens with two attached hydrogens (primary N) is 1. The maximum Gasteiger partial charge on any atom is 0.258 e. The average molecular weight is 315 g/mol. The maximum absolute atomic E-state index is 12.0. The molecule has 1 atom stereocenters. The van der Waals surface area contributed by atoms with Gasteiger partial charge in [-0.05, 0) is 37.8 Å². The Balaban J connectivity index is 0.00000220. The van der Waals surface area contributed by atoms with E-state index in [4.69, 9.17) is 15.2 Å². The fourth-order valence-corrected chi connectivity index (χ4v) is 2.28. The first-order valence-electron chi connectivity index (χ1n) is 6.86. The summed E-state index contributed by atoms with van der Waals surface area (Å²) in [7, 11) is 1.57. The van der Waals surface area contributed by atoms with Crippen molar-refractivity contribution in [2.45, 2.75) is 25.3 Å². The van der Waals surface area contributed by atoms with Crippen molar-refractivity contribution in [3.05, 3.63) is 24.3 Å². The number of halogens is 1. The summed E-state index contributed by atoms with van der Waals surface area (Å²) < 4.78 is 10.7. The number of hydrogen-bond acceptors (Lipinski definition) is 4. The molecule has 118 valence electrons. The van der Waals surface area contributed by atoms with Crippen molar-refractivity contribution >= 4 is 18.3 Å². The third-order valence-corrected chi connectivity index (χ3v) is 3.76. The number of hydrogen-bond donors (Lipinski definition) is 2. The van der Waals surface area contributed by atoms with Crippen LogP contribution in [0.3, 0.4) is 0 Å². The number of amides is 1. The smallest absolute Gasteiger partial charge is 0.258 e. The number of benzene rings is 1. The number of carbonyl (C=O) groups is 1. The Morgan fingerprint density at radius 1 is 1.38 bits per heavy atom. The third-order valence-electron chi connectivity index (χ3n) is 3.76. The molecule has 2 rings (SSSR count). The molecule has 3 N–H and O–H groups in total. The van der Waals surface area contributed by atoms with E-state index in [2.05, 4.69) is 5.32 Å². The minimum atomic E-state index is -0.318. The predicted octanol–water partition coefficient (Wildman–Crippen LogP) is 1.74. The Kier molecular flexibility index (Phi) is 6.30. The number of ether oxygens (including phenoxy) is 2. The van der Waals surface area contributed by atoms with E-state index >= 15 is 0 Å². The van der Waals surface area contributed by atoms with E-state index in [1.165, 1.54) is 0 Å². The highest BCUT2D eigenvalue weighted by Crippen LogP contribution is 2.38. The Morgan fingerprint density at radius 2 is 2.00 bits per heavy atom. The average Bonchev–Trinajstić information content (AvgIpc) is 3.30. The molecule has 0 bridgehead atoms. The third kappa shape index (κ3) is 4.51. The van der Waals surface area contributed by atoms with E-state index in [1.807, 2.05) is 19.1 Å². The fraction of sp³-hybridized carbons (Fsp3) is 0.533. The first kappa shape index (κ1) is 17.6. The molecule has 5 nitrogen and oxygen atoms in total. The summed E-state index contributed by atoms with van der Waals surface area (Å²) in [5.74, 6) is 1.51. The molecule has 0 aliphatic heterocycles. The van der Waals surface area contributed by atoms with Crippen LogP contribution in [0.1, 0.15) is 19.8 Å². The van der Waals surface area contributed by atoms with Gasteiger partial charge in [-0.1, -0.05) is 12.1 Å². The van der Waals surface area contributed by atoms with Crippen LogP contribution in [-0.4, -0.2) is 31.7 Å². The van der Waals surface area contributed by atoms with E-state index < -0.39 is 0 Å². The van der Waals surface area contributed by atoms with Gasteiger partial charge in [0.1, 0.15) is 0 Å². The van der Waals surface area contributed by atoms with Crippen molar-refractivity contribution in [2.75, 3.05) is 20.3 Å². The number of rotatable bonds is 7. The first-order valence-corrected chi connectivity index (χ1v) is 6.86. The number of methoxy groups -OCH3 is 1. The highest BCUT2D eigenvalue weighted by molar-refractivity contribution is 5.85. The molecule has 0 radical (unpaired) electrons. The molecule has 1 unspecified atom stereocenters. The van der Waals surface area contributed by atoms with Crippen molar-refractivity contribution in [2.24, 2.45) is 11.7 Å². The van der Waals surface area contributed by atoms with E-state index in [1.54, 1.807) is 19.2 Å². The molecule has 0 spiro atoms. The van der Waals surface area contributed by atoms with Crippen LogP contribution in [0.4, 0.5) is 0 Å². The van der Waals surface area contributed by atoms with E-state index in [9.17, 15) is 4.79 Å². The van der Waals surface area contributed by atoms with Crippen LogP contribution in [-0.2, 0) is 4.79 Å². The Hall–Kier alpha value is -1.46. The maximum atomic E-state index is 12.0. The van der Waals surface area contributed by atoms with Gasteiger partial charge in [0, 0.05) is 6.54 Å². The molecule has 1 saturated carbocycles. The lowest BCUT2D eigenvalue weighted by Gasteiger charge is -2.29. The molecule has 1 amide bonds. The van der Waals surface area contributed by atoms with Crippen molar-refractivity contribution < 1.29 is 14.3 Å². The summed E-state index contributed by atoms with van der Waals surface area (Å²) in [6.07, 6.45) is 2.25. The van der Waals surface area contributed by atoms with Crippen LogP contribution < -0.4 is 20.5 Å². The van der Waals surface area contributed by atoms with Crippen molar-refractivity contribution in [1.29, 1.82) is 0 Å². The number of nitrogens with one attached hydrogen (secondary N) is 1. The molecule has 1 aromatic rings. The van der Waals surface area contributed by atoms with Crippen LogP contribution >= 0.6 is 12.4 Å². The lowest BCUT2D eigenvalue weighted by atomic mass is 9.96. The first-order chi connectivity index (χ1) is 9.59. The molecular formula is C15H23ClN2O3. The van der Waals surface area contributed by atoms with Crippen molar-refractivity contribution in [3.63, 3.8) is 0 Å². The summed E-state index contributed by atoms with van der Waals surface area (Å²) in [6, 6.07) is 7.25. The molecule has 0 saturated heterocycles. The largest absolute Gasteiger partial charge is 0.493 e. The molecule has 0 heterocycles. The second-order valence-electron chi connectivity index (χ2n) is 5.38. The summed E-state index contributed by atoms with van der Waals surface area (Å²) in [6.45, 7) is 2.40. The van der Waals surface area contributed by atoms with Crippen molar-refractivity contribution in [1.82, 2.24) is 5.32 Å². The zero-order chi connectivity index (χ0) is 14.6. The quantitative estimate of drug-likeness (QED) is 0.804. The van der Waals surface area contributed by atoms with Gasteiger partial charge in [-0.25, -0.2) is 0 Å². The van der Waals surface area contributed by atoms with Gasteiger partial charge < -0.3 is 20.5 Å². The van der Waals surface area contributed by atoms with Crippen LogP contribution in [0.15, 0.2) is 24.3 Å². The van der Waals surface area contributed by atoms with Crippen LogP contribution in [0.2, 0.25) is 0 Å². The van der Waals surface area contributed by atoms with Crippen LogP contribution in [0, 0.1) is 5.92 Å². The molecular weight excluding hydrogens is 292 g/mol. The van der Waals surface area contributed by atoms with Gasteiger partial charge in [0.15, 0.2) is 18.1 Å². The van der Waals surface area contributed by atoms with Crippen LogP contribution in [0.5, 0.6) is 11.5 Å². The summed E-state index contributed by atoms with van der Waals surface area (Å²) >= 11 is 0. The normalized spacial score (nSPS) is 16.3. The standard InChI is InChI=1S/C15H22N2O3.ClH/c1-15(10-16,11-7-8-11)17-14(18)9-20-13-6-4-3-5-12(13)19-2;/h3-6,11H,7-10,16H2,1-2H3,(H,17,18);1H. The minimum Gasteiger partial charge on any atom is -0.493 e. The number of para-hydroxylation sites is 2. The van der Waals surface area contributed by atoms with Gasteiger partial charge in [-0.3, -0.25) is 4.79 Å². The second-order valence-corrected chi connectivity index (χ2v) is 5.38. The highest BCUT2D eigenvalue weighted by atomic mass is 35.5. The minimum absolute atomic E-state index is 0. The summed E-state index contributed by atoms with van der Waals surface area (Å²) in [5, 5.41) is 2.98.